The number of hydrogen-bond acceptors (Lipinski definition) is 2. The zero-order chi connectivity index (χ0) is 13.4. The van der Waals surface area contributed by atoms with Gasteiger partial charge in [0, 0.05) is 0 Å². The summed E-state index contributed by atoms with van der Waals surface area (Å²) < 4.78 is 2.57. The number of carboxylic acids is 1. The van der Waals surface area contributed by atoms with Crippen LogP contribution in [0.3, 0.4) is 0 Å². The fraction of sp³-hybridized carbons (Fsp3) is 0.231. The predicted octanol–water partition coefficient (Wildman–Crippen LogP) is 3.26. The van der Waals surface area contributed by atoms with Gasteiger partial charge in [-0.3, -0.25) is 0 Å². The van der Waals surface area contributed by atoms with Crippen molar-refractivity contribution in [3.8, 4) is 5.69 Å². The van der Waals surface area contributed by atoms with Crippen LogP contribution in [0, 0.1) is 20.8 Å². The zero-order valence-corrected chi connectivity index (χ0v) is 11.9. The summed E-state index contributed by atoms with van der Waals surface area (Å²) in [5.41, 5.74) is 3.57. The van der Waals surface area contributed by atoms with Crippen LogP contribution in [0.2, 0.25) is 0 Å². The van der Waals surface area contributed by atoms with Gasteiger partial charge in [-0.25, -0.2) is 9.48 Å². The summed E-state index contributed by atoms with van der Waals surface area (Å²) in [6.07, 6.45) is 0. The molecule has 18 heavy (non-hydrogen) atoms. The number of rotatable bonds is 2. The number of carboxylic acid groups (broad SMARTS) is 1. The highest BCUT2D eigenvalue weighted by Gasteiger charge is 2.16. The van der Waals surface area contributed by atoms with E-state index in [0.717, 1.165) is 21.4 Å². The smallest absolute Gasteiger partial charge is 0.337 e. The van der Waals surface area contributed by atoms with E-state index in [-0.39, 0.29) is 5.56 Å². The van der Waals surface area contributed by atoms with Gasteiger partial charge in [0.2, 0.25) is 0 Å². The SMILES string of the molecule is Cc1ccc(C(=O)O)c(-n2nc(C)c(Br)c2C)c1. The summed E-state index contributed by atoms with van der Waals surface area (Å²) in [4.78, 5) is 11.3. The number of carbonyl (C=O) groups is 1. The van der Waals surface area contributed by atoms with Crippen LogP contribution in [0.5, 0.6) is 0 Å². The number of halogens is 1. The average molecular weight is 309 g/mol. The highest BCUT2D eigenvalue weighted by atomic mass is 79.9. The van der Waals surface area contributed by atoms with Gasteiger partial charge < -0.3 is 5.11 Å². The average Bonchev–Trinajstić information content (AvgIpc) is 2.56. The van der Waals surface area contributed by atoms with Gasteiger partial charge in [-0.2, -0.15) is 5.10 Å². The number of aromatic nitrogens is 2. The molecule has 2 aromatic rings. The van der Waals surface area contributed by atoms with E-state index in [1.165, 1.54) is 0 Å². The molecule has 0 bridgehead atoms. The highest BCUT2D eigenvalue weighted by molar-refractivity contribution is 9.10. The van der Waals surface area contributed by atoms with E-state index in [1.54, 1.807) is 16.8 Å². The molecular formula is C13H13BrN2O2. The fourth-order valence-electron chi connectivity index (χ4n) is 1.86. The fourth-order valence-corrected chi connectivity index (χ4v) is 2.10. The van der Waals surface area contributed by atoms with E-state index in [4.69, 9.17) is 0 Å². The van der Waals surface area contributed by atoms with Crippen LogP contribution in [0.4, 0.5) is 0 Å². The molecule has 1 aromatic carbocycles. The Hall–Kier alpha value is -1.62. The van der Waals surface area contributed by atoms with Crippen molar-refractivity contribution in [2.45, 2.75) is 20.8 Å². The summed E-state index contributed by atoms with van der Waals surface area (Å²) in [6.45, 7) is 5.71. The molecule has 0 fully saturated rings. The minimum Gasteiger partial charge on any atom is -0.478 e. The first kappa shape index (κ1) is 12.8. The molecule has 0 saturated carbocycles. The summed E-state index contributed by atoms with van der Waals surface area (Å²) in [5.74, 6) is -0.950. The second-order valence-corrected chi connectivity index (χ2v) is 5.02. The van der Waals surface area contributed by atoms with Crippen molar-refractivity contribution in [2.24, 2.45) is 0 Å². The first-order valence-electron chi connectivity index (χ1n) is 5.48. The number of nitrogens with zero attached hydrogens (tertiary/aromatic N) is 2. The van der Waals surface area contributed by atoms with E-state index >= 15 is 0 Å². The van der Waals surface area contributed by atoms with Gasteiger partial charge in [0.05, 0.1) is 27.1 Å². The van der Waals surface area contributed by atoms with Gasteiger partial charge in [-0.15, -0.1) is 0 Å². The van der Waals surface area contributed by atoms with E-state index in [9.17, 15) is 9.90 Å². The van der Waals surface area contributed by atoms with Crippen molar-refractivity contribution in [3.63, 3.8) is 0 Å². The van der Waals surface area contributed by atoms with Crippen LogP contribution in [-0.4, -0.2) is 20.9 Å². The normalized spacial score (nSPS) is 10.7. The Balaban J connectivity index is 2.73. The van der Waals surface area contributed by atoms with Gasteiger partial charge in [0.15, 0.2) is 0 Å². The molecule has 0 aliphatic heterocycles. The van der Waals surface area contributed by atoms with Crippen molar-refractivity contribution in [3.05, 3.63) is 45.2 Å². The van der Waals surface area contributed by atoms with Crippen LogP contribution in [0.1, 0.15) is 27.3 Å². The van der Waals surface area contributed by atoms with Crippen LogP contribution in [0.25, 0.3) is 5.69 Å². The Labute approximate surface area is 113 Å². The van der Waals surface area contributed by atoms with Gasteiger partial charge in [-0.1, -0.05) is 6.07 Å². The summed E-state index contributed by atoms with van der Waals surface area (Å²) in [7, 11) is 0. The lowest BCUT2D eigenvalue weighted by molar-refractivity contribution is 0.0696. The second-order valence-electron chi connectivity index (χ2n) is 4.22. The van der Waals surface area contributed by atoms with Gasteiger partial charge >= 0.3 is 5.97 Å². The largest absolute Gasteiger partial charge is 0.478 e. The minimum atomic E-state index is -0.950. The maximum absolute atomic E-state index is 11.3. The first-order valence-corrected chi connectivity index (χ1v) is 6.27. The molecule has 1 aromatic heterocycles. The molecule has 1 heterocycles. The molecule has 0 amide bonds. The Morgan fingerprint density at radius 2 is 2.00 bits per heavy atom. The van der Waals surface area contributed by atoms with E-state index in [1.807, 2.05) is 26.8 Å². The lowest BCUT2D eigenvalue weighted by Crippen LogP contribution is -2.08. The van der Waals surface area contributed by atoms with Crippen molar-refractivity contribution >= 4 is 21.9 Å². The molecular weight excluding hydrogens is 296 g/mol. The summed E-state index contributed by atoms with van der Waals surface area (Å²) >= 11 is 3.45. The predicted molar refractivity (Wildman–Crippen MR) is 72.4 cm³/mol. The van der Waals surface area contributed by atoms with E-state index in [2.05, 4.69) is 21.0 Å². The number of aromatic carboxylic acids is 1. The minimum absolute atomic E-state index is 0.249. The molecule has 0 aliphatic rings. The molecule has 0 unspecified atom stereocenters. The number of aryl methyl sites for hydroxylation is 2. The molecule has 0 atom stereocenters. The lowest BCUT2D eigenvalue weighted by atomic mass is 10.1. The van der Waals surface area contributed by atoms with Crippen LogP contribution >= 0.6 is 15.9 Å². The monoisotopic (exact) mass is 308 g/mol. The van der Waals surface area contributed by atoms with E-state index < -0.39 is 5.97 Å². The standard InChI is InChI=1S/C13H13BrN2O2/c1-7-4-5-10(13(17)18)11(6-7)16-9(3)12(14)8(2)15-16/h4-6H,1-3H3,(H,17,18). The molecule has 2 rings (SSSR count). The quantitative estimate of drug-likeness (QED) is 0.926. The number of benzene rings is 1. The Kier molecular flexibility index (Phi) is 3.26. The topological polar surface area (TPSA) is 55.1 Å². The Morgan fingerprint density at radius 1 is 1.33 bits per heavy atom. The van der Waals surface area contributed by atoms with Crippen molar-refractivity contribution in [1.29, 1.82) is 0 Å². The molecule has 0 spiro atoms. The summed E-state index contributed by atoms with van der Waals surface area (Å²) in [6, 6.07) is 5.22. The van der Waals surface area contributed by atoms with Crippen LogP contribution < -0.4 is 0 Å². The molecule has 1 N–H and O–H groups in total. The van der Waals surface area contributed by atoms with Crippen molar-refractivity contribution in [2.75, 3.05) is 0 Å². The third-order valence-corrected chi connectivity index (χ3v) is 3.96. The molecule has 4 nitrogen and oxygen atoms in total. The van der Waals surface area contributed by atoms with Crippen LogP contribution in [0.15, 0.2) is 22.7 Å². The van der Waals surface area contributed by atoms with Gasteiger partial charge in [-0.05, 0) is 54.4 Å². The third-order valence-electron chi connectivity index (χ3n) is 2.81. The molecule has 94 valence electrons. The van der Waals surface area contributed by atoms with Gasteiger partial charge in [0.25, 0.3) is 0 Å². The van der Waals surface area contributed by atoms with Gasteiger partial charge in [0.1, 0.15) is 0 Å². The van der Waals surface area contributed by atoms with Crippen molar-refractivity contribution in [1.82, 2.24) is 9.78 Å². The second kappa shape index (κ2) is 4.57. The molecule has 5 heteroatoms. The zero-order valence-electron chi connectivity index (χ0n) is 10.4. The maximum Gasteiger partial charge on any atom is 0.337 e. The molecule has 0 radical (unpaired) electrons. The maximum atomic E-state index is 11.3. The van der Waals surface area contributed by atoms with Crippen molar-refractivity contribution < 1.29 is 9.90 Å². The molecule has 0 aliphatic carbocycles. The lowest BCUT2D eigenvalue weighted by Gasteiger charge is -2.09. The summed E-state index contributed by atoms with van der Waals surface area (Å²) in [5, 5.41) is 13.6. The first-order chi connectivity index (χ1) is 8.41. The highest BCUT2D eigenvalue weighted by Crippen LogP contribution is 2.25. The van der Waals surface area contributed by atoms with E-state index in [0.29, 0.717) is 5.69 Å². The Bertz CT molecular complexity index is 632. The van der Waals surface area contributed by atoms with Crippen LogP contribution in [-0.2, 0) is 0 Å². The third kappa shape index (κ3) is 2.06. The number of hydrogen-bond donors (Lipinski definition) is 1. The molecule has 0 saturated heterocycles. The Morgan fingerprint density at radius 3 is 2.50 bits per heavy atom.